The van der Waals surface area contributed by atoms with Gasteiger partial charge in [0.1, 0.15) is 11.3 Å². The first kappa shape index (κ1) is 20.1. The van der Waals surface area contributed by atoms with E-state index in [0.29, 0.717) is 6.61 Å². The van der Waals surface area contributed by atoms with Gasteiger partial charge >= 0.3 is 5.97 Å². The molecule has 0 radical (unpaired) electrons. The van der Waals surface area contributed by atoms with E-state index in [9.17, 15) is 14.7 Å². The SMILES string of the molecule is O=C(OC12[C@H]3C4CC(=O)N1c1ccccc1[C@@]21CCN2CC(=CCO4)[C@@H]3C[C@H]21)c1ccccc1O. The number of ether oxygens (including phenoxy) is 2. The van der Waals surface area contributed by atoms with Gasteiger partial charge in [0.2, 0.25) is 11.6 Å². The molecule has 1 spiro atoms. The number of amides is 1. The summed E-state index contributed by atoms with van der Waals surface area (Å²) in [6, 6.07) is 14.7. The lowest BCUT2D eigenvalue weighted by Gasteiger charge is -2.64. The Balaban J connectivity index is 1.43. The van der Waals surface area contributed by atoms with Crippen LogP contribution in [0.15, 0.2) is 60.2 Å². The zero-order chi connectivity index (χ0) is 23.5. The summed E-state index contributed by atoms with van der Waals surface area (Å²) in [5, 5.41) is 10.5. The van der Waals surface area contributed by atoms with Crippen molar-refractivity contribution in [2.75, 3.05) is 24.6 Å². The van der Waals surface area contributed by atoms with E-state index in [1.807, 2.05) is 23.1 Å². The summed E-state index contributed by atoms with van der Waals surface area (Å²) < 4.78 is 13.1. The van der Waals surface area contributed by atoms with Crippen molar-refractivity contribution in [3.63, 3.8) is 0 Å². The fourth-order valence-corrected chi connectivity index (χ4v) is 8.61. The predicted octanol–water partition coefficient (Wildman–Crippen LogP) is 2.98. The summed E-state index contributed by atoms with van der Waals surface area (Å²) in [7, 11) is 0. The second-order valence-corrected chi connectivity index (χ2v) is 10.8. The van der Waals surface area contributed by atoms with Crippen molar-refractivity contribution in [1.29, 1.82) is 0 Å². The molecule has 6 aliphatic rings. The molecule has 4 fully saturated rings. The van der Waals surface area contributed by atoms with E-state index in [0.717, 1.165) is 37.2 Å². The molecule has 7 nitrogen and oxygen atoms in total. The van der Waals surface area contributed by atoms with Crippen LogP contribution in [0.5, 0.6) is 5.75 Å². The highest BCUT2D eigenvalue weighted by Crippen LogP contribution is 2.71. The Labute approximate surface area is 202 Å². The highest BCUT2D eigenvalue weighted by Gasteiger charge is 2.81. The third-order valence-corrected chi connectivity index (χ3v) is 9.68. The predicted molar refractivity (Wildman–Crippen MR) is 126 cm³/mol. The Hall–Kier alpha value is -3.16. The van der Waals surface area contributed by atoms with Crippen molar-refractivity contribution in [3.8, 4) is 5.75 Å². The summed E-state index contributed by atoms with van der Waals surface area (Å²) in [5.41, 5.74) is 1.66. The number of esters is 1. The average Bonchev–Trinajstić information content (AvgIpc) is 3.29. The molecule has 178 valence electrons. The molecule has 1 amide bonds. The third kappa shape index (κ3) is 2.17. The molecule has 6 atom stereocenters. The molecule has 1 aliphatic carbocycles. The Kier molecular flexibility index (Phi) is 3.75. The average molecular weight is 471 g/mol. The number of piperidine rings is 2. The van der Waals surface area contributed by atoms with E-state index in [2.05, 4.69) is 17.0 Å². The van der Waals surface area contributed by atoms with Crippen LogP contribution in [0, 0.1) is 11.8 Å². The second kappa shape index (κ2) is 6.53. The number of carbonyl (C=O) groups is 2. The van der Waals surface area contributed by atoms with E-state index in [-0.39, 0.29) is 47.6 Å². The van der Waals surface area contributed by atoms with Gasteiger partial charge in [0.05, 0.1) is 36.2 Å². The summed E-state index contributed by atoms with van der Waals surface area (Å²) in [6.07, 6.45) is 3.92. The second-order valence-electron chi connectivity index (χ2n) is 10.8. The van der Waals surface area contributed by atoms with Crippen LogP contribution < -0.4 is 4.90 Å². The molecule has 1 saturated carbocycles. The van der Waals surface area contributed by atoms with Gasteiger partial charge in [-0.05, 0) is 49.1 Å². The number of phenols is 1. The highest BCUT2D eigenvalue weighted by atomic mass is 16.6. The molecule has 1 N–H and O–H groups in total. The number of phenolic OH excluding ortho intramolecular Hbond substituents is 1. The number of hydrogen-bond acceptors (Lipinski definition) is 6. The van der Waals surface area contributed by atoms with Gasteiger partial charge < -0.3 is 14.6 Å². The minimum atomic E-state index is -1.21. The minimum Gasteiger partial charge on any atom is -0.507 e. The standard InChI is InChI=1S/C28H26N2O5/c31-21-8-4-1-5-17(21)26(33)35-28-25-18-13-23-27(28)10-11-29(23)15-16(18)9-12-34-22(25)14-24(32)30(28)20-7-3-2-6-19(20)27/h1-9,18,22-23,25,31H,10-15H2/t18-,22?,23-,25+,27+,28?/m0/s1. The maximum absolute atomic E-state index is 13.9. The third-order valence-electron chi connectivity index (χ3n) is 9.68. The number of benzene rings is 2. The van der Waals surface area contributed by atoms with E-state index >= 15 is 0 Å². The first-order valence-corrected chi connectivity index (χ1v) is 12.5. The number of hydrogen-bond donors (Lipinski definition) is 1. The number of rotatable bonds is 2. The van der Waals surface area contributed by atoms with Crippen molar-refractivity contribution < 1.29 is 24.2 Å². The van der Waals surface area contributed by atoms with Gasteiger partial charge in [0.15, 0.2) is 0 Å². The van der Waals surface area contributed by atoms with Crippen molar-refractivity contribution in [1.82, 2.24) is 4.90 Å². The van der Waals surface area contributed by atoms with Crippen molar-refractivity contribution in [2.45, 2.75) is 42.5 Å². The first-order chi connectivity index (χ1) is 17.1. The van der Waals surface area contributed by atoms with Gasteiger partial charge in [-0.3, -0.25) is 14.6 Å². The fraction of sp³-hybridized carbons (Fsp3) is 0.429. The summed E-state index contributed by atoms with van der Waals surface area (Å²) in [5.74, 6) is -0.777. The van der Waals surface area contributed by atoms with Crippen molar-refractivity contribution in [2.24, 2.45) is 11.8 Å². The van der Waals surface area contributed by atoms with Gasteiger partial charge in [0, 0.05) is 12.6 Å². The Morgan fingerprint density at radius 1 is 1.14 bits per heavy atom. The van der Waals surface area contributed by atoms with E-state index in [4.69, 9.17) is 9.47 Å². The van der Waals surface area contributed by atoms with Crippen molar-refractivity contribution in [3.05, 3.63) is 71.3 Å². The van der Waals surface area contributed by atoms with Gasteiger partial charge in [-0.1, -0.05) is 42.0 Å². The van der Waals surface area contributed by atoms with Gasteiger partial charge in [-0.15, -0.1) is 0 Å². The van der Waals surface area contributed by atoms with E-state index in [1.54, 1.807) is 18.2 Å². The summed E-state index contributed by atoms with van der Waals surface area (Å²) in [4.78, 5) is 32.1. The van der Waals surface area contributed by atoms with Crippen LogP contribution in [-0.2, 0) is 19.7 Å². The van der Waals surface area contributed by atoms with Crippen LogP contribution in [-0.4, -0.2) is 59.5 Å². The van der Waals surface area contributed by atoms with Gasteiger partial charge in [0.25, 0.3) is 0 Å². The molecular weight excluding hydrogens is 444 g/mol. The molecule has 8 rings (SSSR count). The number of anilines is 1. The molecule has 7 heteroatoms. The molecule has 3 saturated heterocycles. The number of para-hydroxylation sites is 2. The maximum atomic E-state index is 13.9. The van der Waals surface area contributed by atoms with E-state index < -0.39 is 17.1 Å². The lowest BCUT2D eigenvalue weighted by Crippen LogP contribution is -2.78. The Morgan fingerprint density at radius 2 is 1.97 bits per heavy atom. The topological polar surface area (TPSA) is 79.3 Å². The number of carbonyl (C=O) groups excluding carboxylic acids is 2. The number of fused-ring (bicyclic) bond motifs is 2. The fourth-order valence-electron chi connectivity index (χ4n) is 8.61. The van der Waals surface area contributed by atoms with Gasteiger partial charge in [-0.2, -0.15) is 0 Å². The molecule has 2 aromatic rings. The Bertz CT molecular complexity index is 1340. The monoisotopic (exact) mass is 470 g/mol. The molecule has 2 aromatic carbocycles. The van der Waals surface area contributed by atoms with Crippen LogP contribution in [0.4, 0.5) is 5.69 Å². The maximum Gasteiger partial charge on any atom is 0.344 e. The molecule has 5 heterocycles. The molecule has 2 unspecified atom stereocenters. The smallest absolute Gasteiger partial charge is 0.344 e. The zero-order valence-electron chi connectivity index (χ0n) is 19.2. The zero-order valence-corrected chi connectivity index (χ0v) is 19.2. The quantitative estimate of drug-likeness (QED) is 0.537. The van der Waals surface area contributed by atoms with Gasteiger partial charge in [-0.25, -0.2) is 4.79 Å². The summed E-state index contributed by atoms with van der Waals surface area (Å²) >= 11 is 0. The number of aromatic hydroxyl groups is 1. The lowest BCUT2D eigenvalue weighted by atomic mass is 9.51. The molecule has 0 aromatic heterocycles. The lowest BCUT2D eigenvalue weighted by molar-refractivity contribution is -0.197. The molecule has 35 heavy (non-hydrogen) atoms. The van der Waals surface area contributed by atoms with Crippen LogP contribution in [0.3, 0.4) is 0 Å². The highest BCUT2D eigenvalue weighted by molar-refractivity contribution is 6.02. The molecule has 5 aliphatic heterocycles. The largest absolute Gasteiger partial charge is 0.507 e. The Morgan fingerprint density at radius 3 is 2.86 bits per heavy atom. The van der Waals surface area contributed by atoms with E-state index in [1.165, 1.54) is 11.6 Å². The number of nitrogens with zero attached hydrogens (tertiary/aromatic N) is 2. The van der Waals surface area contributed by atoms with Crippen LogP contribution in [0.1, 0.15) is 35.2 Å². The van der Waals surface area contributed by atoms with Crippen LogP contribution >= 0.6 is 0 Å². The van der Waals surface area contributed by atoms with Crippen molar-refractivity contribution >= 4 is 17.6 Å². The normalized spacial score (nSPS) is 38.0. The summed E-state index contributed by atoms with van der Waals surface area (Å²) in [6.45, 7) is 2.27. The molecular formula is C28H26N2O5. The molecule has 2 bridgehead atoms. The van der Waals surface area contributed by atoms with Crippen LogP contribution in [0.2, 0.25) is 0 Å². The first-order valence-electron chi connectivity index (χ1n) is 12.5. The minimum absolute atomic E-state index is 0.0671. The van der Waals surface area contributed by atoms with Crippen LogP contribution in [0.25, 0.3) is 0 Å².